The molecule has 19 heavy (non-hydrogen) atoms. The van der Waals surface area contributed by atoms with Gasteiger partial charge >= 0.3 is 6.36 Å². The van der Waals surface area contributed by atoms with Gasteiger partial charge in [-0.2, -0.15) is 0 Å². The minimum atomic E-state index is -4.70. The lowest BCUT2D eigenvalue weighted by Gasteiger charge is -2.09. The van der Waals surface area contributed by atoms with Gasteiger partial charge in [0.1, 0.15) is 5.75 Å². The number of hydrogen-bond acceptors (Lipinski definition) is 2. The van der Waals surface area contributed by atoms with Crippen LogP contribution < -0.4 is 10.1 Å². The third-order valence-corrected chi connectivity index (χ3v) is 2.45. The minimum Gasteiger partial charge on any atom is -0.406 e. The van der Waals surface area contributed by atoms with Gasteiger partial charge in [-0.25, -0.2) is 0 Å². The molecule has 0 atom stereocenters. The molecule has 1 rings (SSSR count). The molecule has 0 heterocycles. The largest absolute Gasteiger partial charge is 0.573 e. The number of hydrogen-bond donors (Lipinski definition) is 1. The van der Waals surface area contributed by atoms with E-state index in [1.807, 2.05) is 0 Å². The van der Waals surface area contributed by atoms with E-state index in [0.717, 1.165) is 0 Å². The highest BCUT2D eigenvalue weighted by molar-refractivity contribution is 6.17. The summed E-state index contributed by atoms with van der Waals surface area (Å²) in [5.74, 6) is -0.0161. The Balaban J connectivity index is 2.42. The Labute approximate surface area is 113 Å². The lowest BCUT2D eigenvalue weighted by Crippen LogP contribution is -2.22. The monoisotopic (exact) mass is 295 g/mol. The van der Waals surface area contributed by atoms with Crippen LogP contribution in [0.25, 0.3) is 0 Å². The number of carbonyl (C=O) groups excluding carboxylic acids is 1. The van der Waals surface area contributed by atoms with Crippen molar-refractivity contribution in [2.45, 2.75) is 25.7 Å². The molecule has 1 aromatic rings. The molecule has 0 saturated heterocycles. The molecule has 0 aliphatic carbocycles. The van der Waals surface area contributed by atoms with Gasteiger partial charge in [0.05, 0.1) is 0 Å². The van der Waals surface area contributed by atoms with E-state index in [9.17, 15) is 18.0 Å². The van der Waals surface area contributed by atoms with Gasteiger partial charge in [-0.15, -0.1) is 24.8 Å². The van der Waals surface area contributed by atoms with E-state index in [-0.39, 0.29) is 18.2 Å². The maximum absolute atomic E-state index is 11.9. The molecule has 0 unspecified atom stereocenters. The first-order chi connectivity index (χ1) is 8.90. The van der Waals surface area contributed by atoms with Gasteiger partial charge < -0.3 is 10.1 Å². The lowest BCUT2D eigenvalue weighted by atomic mass is 10.2. The predicted octanol–water partition coefficient (Wildman–Crippen LogP) is 3.22. The van der Waals surface area contributed by atoms with E-state index in [0.29, 0.717) is 24.3 Å². The first kappa shape index (κ1) is 15.6. The highest BCUT2D eigenvalue weighted by Crippen LogP contribution is 2.22. The van der Waals surface area contributed by atoms with Gasteiger partial charge in [0.2, 0.25) is 5.91 Å². The third kappa shape index (κ3) is 6.91. The Bertz CT molecular complexity index is 406. The topological polar surface area (TPSA) is 38.3 Å². The molecule has 0 aromatic heterocycles. The van der Waals surface area contributed by atoms with Crippen molar-refractivity contribution in [3.63, 3.8) is 0 Å². The zero-order valence-electron chi connectivity index (χ0n) is 9.97. The Morgan fingerprint density at radius 2 is 1.89 bits per heavy atom. The van der Waals surface area contributed by atoms with Crippen molar-refractivity contribution in [3.05, 3.63) is 29.8 Å². The molecule has 0 saturated carbocycles. The fourth-order valence-corrected chi connectivity index (χ4v) is 1.46. The number of ether oxygens (including phenoxy) is 1. The first-order valence-corrected chi connectivity index (χ1v) is 6.11. The van der Waals surface area contributed by atoms with Crippen LogP contribution in [0, 0.1) is 0 Å². The molecule has 0 fully saturated rings. The van der Waals surface area contributed by atoms with E-state index in [2.05, 4.69) is 10.1 Å². The van der Waals surface area contributed by atoms with Crippen molar-refractivity contribution in [1.82, 2.24) is 5.32 Å². The molecule has 0 bridgehead atoms. The van der Waals surface area contributed by atoms with Gasteiger partial charge in [0.25, 0.3) is 0 Å². The molecule has 0 radical (unpaired) electrons. The summed E-state index contributed by atoms with van der Waals surface area (Å²) in [6, 6.07) is 5.33. The summed E-state index contributed by atoms with van der Waals surface area (Å²) in [5, 5.41) is 2.64. The van der Waals surface area contributed by atoms with E-state index in [4.69, 9.17) is 11.6 Å². The summed E-state index contributed by atoms with van der Waals surface area (Å²) >= 11 is 5.45. The summed E-state index contributed by atoms with van der Waals surface area (Å²) in [4.78, 5) is 11.3. The van der Waals surface area contributed by atoms with Crippen molar-refractivity contribution in [2.75, 3.05) is 5.88 Å². The quantitative estimate of drug-likeness (QED) is 0.818. The molecule has 3 nitrogen and oxygen atoms in total. The fraction of sp³-hybridized carbons (Fsp3) is 0.417. The zero-order valence-corrected chi connectivity index (χ0v) is 10.7. The van der Waals surface area contributed by atoms with Crippen molar-refractivity contribution in [2.24, 2.45) is 0 Å². The lowest BCUT2D eigenvalue weighted by molar-refractivity contribution is -0.274. The third-order valence-electron chi connectivity index (χ3n) is 2.18. The van der Waals surface area contributed by atoms with Crippen LogP contribution in [-0.4, -0.2) is 18.1 Å². The number of nitrogens with one attached hydrogen (secondary N) is 1. The summed E-state index contributed by atoms with van der Waals surface area (Å²) < 4.78 is 39.5. The van der Waals surface area contributed by atoms with Crippen molar-refractivity contribution in [3.8, 4) is 5.75 Å². The molecule has 7 heteroatoms. The number of alkyl halides is 4. The highest BCUT2D eigenvalue weighted by Gasteiger charge is 2.30. The number of halogens is 4. The van der Waals surface area contributed by atoms with Crippen LogP contribution in [0.2, 0.25) is 0 Å². The van der Waals surface area contributed by atoms with Crippen LogP contribution in [0.5, 0.6) is 5.75 Å². The number of benzene rings is 1. The normalized spacial score (nSPS) is 11.2. The molecule has 106 valence electrons. The van der Waals surface area contributed by atoms with E-state index in [1.54, 1.807) is 0 Å². The second-order valence-corrected chi connectivity index (χ2v) is 4.14. The van der Waals surface area contributed by atoms with E-state index < -0.39 is 6.36 Å². The van der Waals surface area contributed by atoms with Crippen LogP contribution >= 0.6 is 11.6 Å². The second kappa shape index (κ2) is 7.23. The maximum atomic E-state index is 11.9. The Hall–Kier alpha value is -1.43. The molecule has 0 aliphatic heterocycles. The van der Waals surface area contributed by atoms with Crippen LogP contribution in [0.4, 0.5) is 13.2 Å². The standard InChI is InChI=1S/C12H13ClF3NO2/c13-7-1-2-11(18)17-8-9-3-5-10(6-4-9)19-12(14,15)16/h3-6H,1-2,7-8H2,(H,17,18). The Morgan fingerprint density at radius 1 is 1.26 bits per heavy atom. The van der Waals surface area contributed by atoms with Gasteiger partial charge in [0, 0.05) is 18.8 Å². The summed E-state index contributed by atoms with van der Waals surface area (Å²) in [6.07, 6.45) is -3.78. The summed E-state index contributed by atoms with van der Waals surface area (Å²) in [6.45, 7) is 0.257. The number of amides is 1. The Morgan fingerprint density at radius 3 is 2.42 bits per heavy atom. The van der Waals surface area contributed by atoms with Crippen LogP contribution in [0.1, 0.15) is 18.4 Å². The molecular formula is C12H13ClF3NO2. The second-order valence-electron chi connectivity index (χ2n) is 3.76. The fourth-order valence-electron chi connectivity index (χ4n) is 1.33. The first-order valence-electron chi connectivity index (χ1n) is 5.58. The van der Waals surface area contributed by atoms with Crippen LogP contribution in [0.3, 0.4) is 0 Å². The minimum absolute atomic E-state index is 0.142. The Kier molecular flexibility index (Phi) is 5.95. The van der Waals surface area contributed by atoms with Crippen LogP contribution in [0.15, 0.2) is 24.3 Å². The molecule has 1 aromatic carbocycles. The number of rotatable bonds is 6. The van der Waals surface area contributed by atoms with Gasteiger partial charge in [-0.05, 0) is 24.1 Å². The van der Waals surface area contributed by atoms with Gasteiger partial charge in [-0.1, -0.05) is 12.1 Å². The molecule has 0 spiro atoms. The average molecular weight is 296 g/mol. The SMILES string of the molecule is O=C(CCCCl)NCc1ccc(OC(F)(F)F)cc1. The van der Waals surface area contributed by atoms with E-state index >= 15 is 0 Å². The highest BCUT2D eigenvalue weighted by atomic mass is 35.5. The summed E-state index contributed by atoms with van der Waals surface area (Å²) in [7, 11) is 0. The summed E-state index contributed by atoms with van der Waals surface area (Å²) in [5.41, 5.74) is 0.689. The molecule has 0 aliphatic rings. The zero-order chi connectivity index (χ0) is 14.3. The van der Waals surface area contributed by atoms with Crippen LogP contribution in [-0.2, 0) is 11.3 Å². The maximum Gasteiger partial charge on any atom is 0.573 e. The smallest absolute Gasteiger partial charge is 0.406 e. The number of carbonyl (C=O) groups is 1. The van der Waals surface area contributed by atoms with Crippen molar-refractivity contribution < 1.29 is 22.7 Å². The molecular weight excluding hydrogens is 283 g/mol. The van der Waals surface area contributed by atoms with Gasteiger partial charge in [-0.3, -0.25) is 4.79 Å². The van der Waals surface area contributed by atoms with Crippen molar-refractivity contribution >= 4 is 17.5 Å². The van der Waals surface area contributed by atoms with Crippen molar-refractivity contribution in [1.29, 1.82) is 0 Å². The molecule has 1 N–H and O–H groups in total. The predicted molar refractivity (Wildman–Crippen MR) is 64.9 cm³/mol. The van der Waals surface area contributed by atoms with E-state index in [1.165, 1.54) is 24.3 Å². The average Bonchev–Trinajstić information content (AvgIpc) is 2.33. The molecule has 1 amide bonds. The van der Waals surface area contributed by atoms with Gasteiger partial charge in [0.15, 0.2) is 0 Å².